The quantitative estimate of drug-likeness (QED) is 0.854. The fourth-order valence-electron chi connectivity index (χ4n) is 2.06. The predicted molar refractivity (Wildman–Crippen MR) is 77.1 cm³/mol. The highest BCUT2D eigenvalue weighted by Gasteiger charge is 2.50. The minimum absolute atomic E-state index is 0.147. The van der Waals surface area contributed by atoms with Gasteiger partial charge in [-0.25, -0.2) is 4.39 Å². The van der Waals surface area contributed by atoms with Crippen LogP contribution < -0.4 is 5.32 Å². The first-order chi connectivity index (χ1) is 10.1. The van der Waals surface area contributed by atoms with Gasteiger partial charge in [0.1, 0.15) is 10.6 Å². The molecule has 1 N–H and O–H groups in total. The molecule has 1 saturated heterocycles. The lowest BCUT2D eigenvalue weighted by Gasteiger charge is -2.20. The summed E-state index contributed by atoms with van der Waals surface area (Å²) in [6.07, 6.45) is -5.66. The molecule has 1 fully saturated rings. The van der Waals surface area contributed by atoms with Crippen LogP contribution in [0.1, 0.15) is 31.9 Å². The average Bonchev–Trinajstić information content (AvgIpc) is 2.62. The van der Waals surface area contributed by atoms with E-state index < -0.39 is 29.3 Å². The number of alkyl halides is 3. The molecule has 1 heterocycles. The summed E-state index contributed by atoms with van der Waals surface area (Å²) in [5.41, 5.74) is 0.702. The van der Waals surface area contributed by atoms with E-state index in [1.165, 1.54) is 19.1 Å². The summed E-state index contributed by atoms with van der Waals surface area (Å²) in [4.78, 5) is 16.0. The monoisotopic (exact) mass is 334 g/mol. The van der Waals surface area contributed by atoms with Gasteiger partial charge in [-0.1, -0.05) is 23.9 Å². The van der Waals surface area contributed by atoms with Crippen molar-refractivity contribution < 1.29 is 22.4 Å². The zero-order chi connectivity index (χ0) is 16.5. The standard InChI is InChI=1S/C14H14F4N2OS/c1-8(9-3-5-10(15)6-4-9)19-12-20-11(21)13(2,22-12)7-14(16,17)18/h3-6,8H,7H2,1-2H3,(H,19,20,21)/t8-,13?/m0/s1. The van der Waals surface area contributed by atoms with E-state index in [4.69, 9.17) is 0 Å². The molecular weight excluding hydrogens is 320 g/mol. The van der Waals surface area contributed by atoms with Crippen LogP contribution in [0.3, 0.4) is 0 Å². The molecule has 0 radical (unpaired) electrons. The number of amides is 1. The summed E-state index contributed by atoms with van der Waals surface area (Å²) < 4.78 is 48.9. The normalized spacial score (nSPS) is 25.4. The molecule has 0 aliphatic carbocycles. The maximum absolute atomic E-state index is 12.9. The topological polar surface area (TPSA) is 41.5 Å². The van der Waals surface area contributed by atoms with Gasteiger partial charge in [-0.3, -0.25) is 9.79 Å². The summed E-state index contributed by atoms with van der Waals surface area (Å²) in [6.45, 7) is 2.96. The molecule has 0 saturated carbocycles. The second-order valence-electron chi connectivity index (χ2n) is 5.24. The van der Waals surface area contributed by atoms with Crippen molar-refractivity contribution in [1.29, 1.82) is 0 Å². The van der Waals surface area contributed by atoms with Gasteiger partial charge in [0.15, 0.2) is 5.17 Å². The lowest BCUT2D eigenvalue weighted by Crippen LogP contribution is -2.37. The van der Waals surface area contributed by atoms with Crippen molar-refractivity contribution in [2.45, 2.75) is 37.2 Å². The van der Waals surface area contributed by atoms with Crippen molar-refractivity contribution in [3.05, 3.63) is 35.6 Å². The van der Waals surface area contributed by atoms with Crippen LogP contribution in [-0.2, 0) is 4.79 Å². The largest absolute Gasteiger partial charge is 0.390 e. The number of nitrogens with one attached hydrogen (secondary N) is 1. The van der Waals surface area contributed by atoms with E-state index in [9.17, 15) is 22.4 Å². The first-order valence-electron chi connectivity index (χ1n) is 6.49. The number of carbonyl (C=O) groups is 1. The van der Waals surface area contributed by atoms with Crippen LogP contribution in [0.2, 0.25) is 0 Å². The van der Waals surface area contributed by atoms with Crippen molar-refractivity contribution in [3.8, 4) is 0 Å². The van der Waals surface area contributed by atoms with E-state index in [2.05, 4.69) is 10.3 Å². The Morgan fingerprint density at radius 3 is 2.45 bits per heavy atom. The molecule has 1 aliphatic heterocycles. The van der Waals surface area contributed by atoms with Crippen LogP contribution in [0.25, 0.3) is 0 Å². The average molecular weight is 334 g/mol. The Hall–Kier alpha value is -1.57. The fourth-order valence-corrected chi connectivity index (χ4v) is 3.22. The van der Waals surface area contributed by atoms with Gasteiger partial charge in [0.2, 0.25) is 5.91 Å². The Balaban J connectivity index is 2.14. The number of benzene rings is 1. The van der Waals surface area contributed by atoms with E-state index in [1.54, 1.807) is 19.1 Å². The number of rotatable bonds is 3. The molecule has 2 rings (SSSR count). The summed E-state index contributed by atoms with van der Waals surface area (Å²) in [7, 11) is 0. The van der Waals surface area contributed by atoms with Crippen LogP contribution in [0.15, 0.2) is 29.3 Å². The first-order valence-corrected chi connectivity index (χ1v) is 7.31. The molecule has 120 valence electrons. The van der Waals surface area contributed by atoms with E-state index in [0.29, 0.717) is 5.56 Å². The zero-order valence-corrected chi connectivity index (χ0v) is 12.7. The third-order valence-electron chi connectivity index (χ3n) is 3.22. The highest BCUT2D eigenvalue weighted by molar-refractivity contribution is 8.16. The van der Waals surface area contributed by atoms with Crippen molar-refractivity contribution in [1.82, 2.24) is 5.32 Å². The Labute approximate surface area is 129 Å². The van der Waals surface area contributed by atoms with Gasteiger partial charge < -0.3 is 5.32 Å². The van der Waals surface area contributed by atoms with Gasteiger partial charge in [-0.05, 0) is 31.5 Å². The minimum atomic E-state index is -4.43. The number of aliphatic imine (C=N–C) groups is 1. The van der Waals surface area contributed by atoms with Crippen molar-refractivity contribution in [3.63, 3.8) is 0 Å². The third kappa shape index (κ3) is 4.00. The molecule has 1 amide bonds. The van der Waals surface area contributed by atoms with Crippen LogP contribution in [0.4, 0.5) is 17.6 Å². The molecule has 1 aliphatic rings. The van der Waals surface area contributed by atoms with Gasteiger partial charge in [-0.2, -0.15) is 13.2 Å². The number of hydrogen-bond donors (Lipinski definition) is 1. The number of halogens is 4. The van der Waals surface area contributed by atoms with E-state index in [1.807, 2.05) is 0 Å². The molecule has 1 unspecified atom stereocenters. The van der Waals surface area contributed by atoms with E-state index >= 15 is 0 Å². The highest BCUT2D eigenvalue weighted by Crippen LogP contribution is 2.41. The van der Waals surface area contributed by atoms with E-state index in [-0.39, 0.29) is 11.0 Å². The molecule has 1 aromatic carbocycles. The van der Waals surface area contributed by atoms with Crippen LogP contribution in [0, 0.1) is 5.82 Å². The predicted octanol–water partition coefficient (Wildman–Crippen LogP) is 3.82. The number of thioether (sulfide) groups is 1. The van der Waals surface area contributed by atoms with E-state index in [0.717, 1.165) is 11.8 Å². The maximum Gasteiger partial charge on any atom is 0.390 e. The van der Waals surface area contributed by atoms with Crippen molar-refractivity contribution >= 4 is 22.8 Å². The molecular formula is C14H14F4N2OS. The van der Waals surface area contributed by atoms with Gasteiger partial charge >= 0.3 is 6.18 Å². The van der Waals surface area contributed by atoms with Crippen molar-refractivity contribution in [2.75, 3.05) is 0 Å². The Morgan fingerprint density at radius 2 is 1.91 bits per heavy atom. The second kappa shape index (κ2) is 5.91. The van der Waals surface area contributed by atoms with Crippen molar-refractivity contribution in [2.24, 2.45) is 4.99 Å². The Bertz CT molecular complexity index is 600. The first kappa shape index (κ1) is 16.8. The van der Waals surface area contributed by atoms with Gasteiger partial charge in [0.05, 0.1) is 12.5 Å². The Kier molecular flexibility index (Phi) is 4.51. The molecule has 2 atom stereocenters. The number of carbonyl (C=O) groups excluding carboxylic acids is 1. The SMILES string of the molecule is C[C@H](N=C1NC(=O)C(C)(CC(F)(F)F)S1)c1ccc(F)cc1. The molecule has 3 nitrogen and oxygen atoms in total. The fraction of sp³-hybridized carbons (Fsp3) is 0.429. The Morgan fingerprint density at radius 1 is 1.32 bits per heavy atom. The smallest absolute Gasteiger partial charge is 0.304 e. The number of nitrogens with zero attached hydrogens (tertiary/aromatic N) is 1. The van der Waals surface area contributed by atoms with Gasteiger partial charge in [-0.15, -0.1) is 0 Å². The van der Waals surface area contributed by atoms with Gasteiger partial charge in [0.25, 0.3) is 0 Å². The minimum Gasteiger partial charge on any atom is -0.304 e. The lowest BCUT2D eigenvalue weighted by molar-refractivity contribution is -0.148. The van der Waals surface area contributed by atoms with Crippen LogP contribution >= 0.6 is 11.8 Å². The molecule has 8 heteroatoms. The molecule has 1 aromatic rings. The molecule has 0 spiro atoms. The summed E-state index contributed by atoms with van der Waals surface area (Å²) in [5, 5.41) is 2.53. The molecule has 22 heavy (non-hydrogen) atoms. The zero-order valence-electron chi connectivity index (χ0n) is 11.9. The molecule has 0 aromatic heterocycles. The number of hydrogen-bond acceptors (Lipinski definition) is 3. The maximum atomic E-state index is 12.9. The second-order valence-corrected chi connectivity index (χ2v) is 6.73. The summed E-state index contributed by atoms with van der Waals surface area (Å²) >= 11 is 0.769. The number of amidine groups is 1. The molecule has 0 bridgehead atoms. The van der Waals surface area contributed by atoms with Crippen LogP contribution in [0.5, 0.6) is 0 Å². The third-order valence-corrected chi connectivity index (χ3v) is 4.40. The van der Waals surface area contributed by atoms with Crippen LogP contribution in [-0.4, -0.2) is 22.0 Å². The highest BCUT2D eigenvalue weighted by atomic mass is 32.2. The van der Waals surface area contributed by atoms with Gasteiger partial charge in [0, 0.05) is 0 Å². The lowest BCUT2D eigenvalue weighted by atomic mass is 10.1. The summed E-state index contributed by atoms with van der Waals surface area (Å²) in [6, 6.07) is 5.23. The summed E-state index contributed by atoms with van der Waals surface area (Å²) in [5.74, 6) is -1.09.